The van der Waals surface area contributed by atoms with Crippen LogP contribution in [0.1, 0.15) is 6.42 Å². The van der Waals surface area contributed by atoms with Crippen LogP contribution in [0, 0.1) is 0 Å². The smallest absolute Gasteiger partial charge is 0.221 e. The van der Waals surface area contributed by atoms with E-state index in [4.69, 9.17) is 4.74 Å². The van der Waals surface area contributed by atoms with Gasteiger partial charge < -0.3 is 14.6 Å². The molecule has 3 rings (SSSR count). The normalized spacial score (nSPS) is 19.2. The zero-order chi connectivity index (χ0) is 17.9. The highest BCUT2D eigenvalue weighted by atomic mass is 32.2. The fourth-order valence-electron chi connectivity index (χ4n) is 2.84. The molecule has 1 N–H and O–H groups in total. The highest BCUT2D eigenvalue weighted by Crippen LogP contribution is 2.12. The average molecular weight is 366 g/mol. The van der Waals surface area contributed by atoms with Crippen molar-refractivity contribution in [3.63, 3.8) is 0 Å². The Bertz CT molecular complexity index is 849. The molecule has 1 amide bonds. The van der Waals surface area contributed by atoms with Crippen molar-refractivity contribution >= 4 is 27.0 Å². The number of nitrogens with zero attached hydrogens (tertiary/aromatic N) is 3. The van der Waals surface area contributed by atoms with Gasteiger partial charge in [0.1, 0.15) is 0 Å². The van der Waals surface area contributed by atoms with Crippen molar-refractivity contribution in [3.05, 3.63) is 30.6 Å². The second-order valence-electron chi connectivity index (χ2n) is 6.09. The van der Waals surface area contributed by atoms with Gasteiger partial charge in [0, 0.05) is 32.6 Å². The van der Waals surface area contributed by atoms with E-state index in [9.17, 15) is 13.2 Å². The number of sulfonamides is 1. The zero-order valence-electron chi connectivity index (χ0n) is 14.1. The molecule has 1 aliphatic heterocycles. The molecule has 2 aromatic rings. The van der Waals surface area contributed by atoms with E-state index in [2.05, 4.69) is 10.3 Å². The van der Waals surface area contributed by atoms with Crippen LogP contribution < -0.4 is 5.32 Å². The minimum atomic E-state index is -3.23. The summed E-state index contributed by atoms with van der Waals surface area (Å²) in [5, 5.41) is 2.82. The molecular formula is C16H22N4O4S. The van der Waals surface area contributed by atoms with E-state index < -0.39 is 10.0 Å². The molecule has 1 saturated heterocycles. The van der Waals surface area contributed by atoms with Crippen LogP contribution in [-0.2, 0) is 26.1 Å². The van der Waals surface area contributed by atoms with Crippen LogP contribution >= 0.6 is 0 Å². The third-order valence-corrected chi connectivity index (χ3v) is 5.47. The molecular weight excluding hydrogens is 344 g/mol. The minimum absolute atomic E-state index is 0.0992. The molecule has 0 aliphatic carbocycles. The van der Waals surface area contributed by atoms with Crippen molar-refractivity contribution in [2.75, 3.05) is 32.5 Å². The lowest BCUT2D eigenvalue weighted by Crippen LogP contribution is -2.49. The molecule has 1 fully saturated rings. The fraction of sp³-hybridized carbons (Fsp3) is 0.500. The summed E-state index contributed by atoms with van der Waals surface area (Å²) in [5.41, 5.74) is 1.90. The number of morpholine rings is 1. The van der Waals surface area contributed by atoms with Gasteiger partial charge in [-0.3, -0.25) is 4.79 Å². The van der Waals surface area contributed by atoms with Crippen molar-refractivity contribution in [2.45, 2.75) is 19.1 Å². The number of para-hydroxylation sites is 2. The number of ether oxygens (including phenoxy) is 1. The number of carbonyl (C=O) groups excluding carboxylic acids is 1. The maximum Gasteiger partial charge on any atom is 0.221 e. The van der Waals surface area contributed by atoms with Gasteiger partial charge in [-0.15, -0.1) is 0 Å². The molecule has 1 aliphatic rings. The number of hydrogen-bond donors (Lipinski definition) is 1. The molecule has 0 unspecified atom stereocenters. The number of aromatic nitrogens is 2. The molecule has 0 bridgehead atoms. The summed E-state index contributed by atoms with van der Waals surface area (Å²) in [6, 6.07) is 7.76. The van der Waals surface area contributed by atoms with Crippen LogP contribution in [-0.4, -0.2) is 66.8 Å². The van der Waals surface area contributed by atoms with E-state index >= 15 is 0 Å². The molecule has 1 aromatic carbocycles. The standard InChI is InChI=1S/C16H22N4O4S/c1-25(22,23)20-8-9-24-13(11-20)10-17-16(21)6-7-19-12-18-14-4-2-3-5-15(14)19/h2-5,12-13H,6-11H2,1H3,(H,17,21)/t13-/m1/s1. The first-order valence-corrected chi connectivity index (χ1v) is 10.0. The molecule has 0 radical (unpaired) electrons. The molecule has 8 nitrogen and oxygen atoms in total. The Balaban J connectivity index is 1.47. The first-order valence-electron chi connectivity index (χ1n) is 8.17. The molecule has 25 heavy (non-hydrogen) atoms. The summed E-state index contributed by atoms with van der Waals surface area (Å²) in [7, 11) is -3.23. The number of imidazole rings is 1. The van der Waals surface area contributed by atoms with Gasteiger partial charge in [0.05, 0.1) is 36.3 Å². The fourth-order valence-corrected chi connectivity index (χ4v) is 3.69. The van der Waals surface area contributed by atoms with Crippen molar-refractivity contribution in [3.8, 4) is 0 Å². The monoisotopic (exact) mass is 366 g/mol. The Morgan fingerprint density at radius 3 is 3.00 bits per heavy atom. The number of amides is 1. The first-order chi connectivity index (χ1) is 11.9. The Labute approximate surface area is 146 Å². The molecule has 0 spiro atoms. The van der Waals surface area contributed by atoms with Crippen LogP contribution in [0.5, 0.6) is 0 Å². The quantitative estimate of drug-likeness (QED) is 0.788. The molecule has 1 aromatic heterocycles. The second kappa shape index (κ2) is 7.51. The number of benzene rings is 1. The predicted molar refractivity (Wildman–Crippen MR) is 93.5 cm³/mol. The van der Waals surface area contributed by atoms with Gasteiger partial charge >= 0.3 is 0 Å². The van der Waals surface area contributed by atoms with Crippen LogP contribution in [0.3, 0.4) is 0 Å². The number of carbonyl (C=O) groups is 1. The van der Waals surface area contributed by atoms with Crippen molar-refractivity contribution in [1.29, 1.82) is 0 Å². The Morgan fingerprint density at radius 2 is 2.20 bits per heavy atom. The van der Waals surface area contributed by atoms with Crippen molar-refractivity contribution in [2.24, 2.45) is 0 Å². The first kappa shape index (κ1) is 17.8. The van der Waals surface area contributed by atoms with Gasteiger partial charge in [0.2, 0.25) is 15.9 Å². The van der Waals surface area contributed by atoms with Crippen LogP contribution in [0.2, 0.25) is 0 Å². The Morgan fingerprint density at radius 1 is 1.40 bits per heavy atom. The molecule has 0 saturated carbocycles. The summed E-state index contributed by atoms with van der Waals surface area (Å²) in [6.07, 6.45) is 2.92. The summed E-state index contributed by atoms with van der Waals surface area (Å²) < 4.78 is 32.0. The van der Waals surface area contributed by atoms with Crippen LogP contribution in [0.4, 0.5) is 0 Å². The zero-order valence-corrected chi connectivity index (χ0v) is 14.9. The van der Waals surface area contributed by atoms with Gasteiger partial charge in [-0.1, -0.05) is 12.1 Å². The molecule has 136 valence electrons. The van der Waals surface area contributed by atoms with Gasteiger partial charge in [-0.05, 0) is 12.1 Å². The van der Waals surface area contributed by atoms with Crippen molar-refractivity contribution in [1.82, 2.24) is 19.2 Å². The minimum Gasteiger partial charge on any atom is -0.374 e. The number of fused-ring (bicyclic) bond motifs is 1. The average Bonchev–Trinajstić information content (AvgIpc) is 3.01. The Hall–Kier alpha value is -1.97. The molecule has 2 heterocycles. The maximum absolute atomic E-state index is 12.1. The molecule has 9 heteroatoms. The van der Waals surface area contributed by atoms with Gasteiger partial charge in [-0.2, -0.15) is 4.31 Å². The van der Waals surface area contributed by atoms with Gasteiger partial charge in [0.15, 0.2) is 0 Å². The topological polar surface area (TPSA) is 93.5 Å². The lowest BCUT2D eigenvalue weighted by atomic mass is 10.3. The largest absolute Gasteiger partial charge is 0.374 e. The number of aryl methyl sites for hydroxylation is 1. The van der Waals surface area contributed by atoms with E-state index in [-0.39, 0.29) is 18.6 Å². The number of rotatable bonds is 6. The third-order valence-electron chi connectivity index (χ3n) is 4.20. The molecule has 1 atom stereocenters. The number of nitrogens with one attached hydrogen (secondary N) is 1. The number of hydrogen-bond acceptors (Lipinski definition) is 5. The Kier molecular flexibility index (Phi) is 5.36. The summed E-state index contributed by atoms with van der Waals surface area (Å²) >= 11 is 0. The van der Waals surface area contributed by atoms with Crippen molar-refractivity contribution < 1.29 is 17.9 Å². The van der Waals surface area contributed by atoms with E-state index in [0.29, 0.717) is 32.7 Å². The maximum atomic E-state index is 12.1. The third kappa shape index (κ3) is 4.56. The lowest BCUT2D eigenvalue weighted by Gasteiger charge is -2.31. The van der Waals surface area contributed by atoms with Crippen LogP contribution in [0.25, 0.3) is 11.0 Å². The second-order valence-corrected chi connectivity index (χ2v) is 8.08. The van der Waals surface area contributed by atoms with Crippen LogP contribution in [0.15, 0.2) is 30.6 Å². The van der Waals surface area contributed by atoms with E-state index in [1.54, 1.807) is 6.33 Å². The van der Waals surface area contributed by atoms with E-state index in [1.165, 1.54) is 10.6 Å². The lowest BCUT2D eigenvalue weighted by molar-refractivity contribution is -0.122. The SMILES string of the molecule is CS(=O)(=O)N1CCO[C@H](CNC(=O)CCn2cnc3ccccc32)C1. The van der Waals surface area contributed by atoms with E-state index in [0.717, 1.165) is 11.0 Å². The summed E-state index contributed by atoms with van der Waals surface area (Å²) in [5.74, 6) is -0.0992. The van der Waals surface area contributed by atoms with E-state index in [1.807, 2.05) is 28.8 Å². The highest BCUT2D eigenvalue weighted by molar-refractivity contribution is 7.88. The predicted octanol–water partition coefficient (Wildman–Crippen LogP) is 0.203. The van der Waals surface area contributed by atoms with Gasteiger partial charge in [-0.25, -0.2) is 13.4 Å². The highest BCUT2D eigenvalue weighted by Gasteiger charge is 2.26. The summed E-state index contributed by atoms with van der Waals surface area (Å²) in [4.78, 5) is 16.4. The van der Waals surface area contributed by atoms with Gasteiger partial charge in [0.25, 0.3) is 0 Å². The summed E-state index contributed by atoms with van der Waals surface area (Å²) in [6.45, 7) is 1.81.